The summed E-state index contributed by atoms with van der Waals surface area (Å²) < 4.78 is 13.0. The predicted octanol–water partition coefficient (Wildman–Crippen LogP) is 5.85. The summed E-state index contributed by atoms with van der Waals surface area (Å²) in [5.74, 6) is -0.711. The van der Waals surface area contributed by atoms with E-state index in [-0.39, 0.29) is 11.7 Å². The molecule has 1 amide bonds. The Morgan fingerprint density at radius 3 is 2.32 bits per heavy atom. The third-order valence-corrected chi connectivity index (χ3v) is 4.41. The van der Waals surface area contributed by atoms with Gasteiger partial charge in [-0.2, -0.15) is 0 Å². The lowest BCUT2D eigenvalue weighted by atomic mass is 10.1. The summed E-state index contributed by atoms with van der Waals surface area (Å²) in [6.07, 6.45) is 0. The van der Waals surface area contributed by atoms with E-state index in [1.807, 2.05) is 25.1 Å². The van der Waals surface area contributed by atoms with E-state index in [1.54, 1.807) is 24.3 Å². The van der Waals surface area contributed by atoms with E-state index in [1.165, 1.54) is 24.3 Å². The molecule has 0 saturated carbocycles. The van der Waals surface area contributed by atoms with Crippen LogP contribution >= 0.6 is 23.8 Å². The van der Waals surface area contributed by atoms with Crippen molar-refractivity contribution in [2.24, 2.45) is 0 Å². The van der Waals surface area contributed by atoms with E-state index in [4.69, 9.17) is 23.8 Å². The number of thiocarbonyl (C=S) groups is 1. The molecular weight excluding hydrogens is 397 g/mol. The standard InChI is InChI=1S/C21H17ClFN3OS/c1-13-6-11-19(17(22)12-13)26-21(28)25-18-5-3-2-4-16(18)20(27)24-15-9-7-14(23)8-10-15/h2-12H,1H3,(H,24,27)(H2,25,26,28). The molecule has 28 heavy (non-hydrogen) atoms. The van der Waals surface area contributed by atoms with E-state index in [0.29, 0.717) is 32.8 Å². The van der Waals surface area contributed by atoms with E-state index >= 15 is 0 Å². The monoisotopic (exact) mass is 413 g/mol. The lowest BCUT2D eigenvalue weighted by Crippen LogP contribution is -2.22. The lowest BCUT2D eigenvalue weighted by Gasteiger charge is -2.15. The summed E-state index contributed by atoms with van der Waals surface area (Å²) in [6.45, 7) is 1.95. The van der Waals surface area contributed by atoms with Gasteiger partial charge >= 0.3 is 0 Å². The van der Waals surface area contributed by atoms with Crippen molar-refractivity contribution in [2.75, 3.05) is 16.0 Å². The van der Waals surface area contributed by atoms with E-state index in [0.717, 1.165) is 5.56 Å². The van der Waals surface area contributed by atoms with Gasteiger partial charge in [0.05, 0.1) is 22.0 Å². The van der Waals surface area contributed by atoms with Gasteiger partial charge in [0.2, 0.25) is 0 Å². The van der Waals surface area contributed by atoms with Crippen LogP contribution in [-0.4, -0.2) is 11.0 Å². The van der Waals surface area contributed by atoms with E-state index in [9.17, 15) is 9.18 Å². The highest BCUT2D eigenvalue weighted by molar-refractivity contribution is 7.80. The van der Waals surface area contributed by atoms with Crippen molar-refractivity contribution in [1.29, 1.82) is 0 Å². The van der Waals surface area contributed by atoms with Gasteiger partial charge in [-0.15, -0.1) is 0 Å². The maximum Gasteiger partial charge on any atom is 0.257 e. The summed E-state index contributed by atoms with van der Waals surface area (Å²) >= 11 is 11.6. The fourth-order valence-electron chi connectivity index (χ4n) is 2.52. The zero-order chi connectivity index (χ0) is 20.1. The molecule has 3 aromatic rings. The Bertz CT molecular complexity index is 1020. The van der Waals surface area contributed by atoms with Crippen molar-refractivity contribution in [3.63, 3.8) is 0 Å². The highest BCUT2D eigenvalue weighted by Gasteiger charge is 2.13. The number of halogens is 2. The quantitative estimate of drug-likeness (QED) is 0.470. The fraction of sp³-hybridized carbons (Fsp3) is 0.0476. The number of carbonyl (C=O) groups excluding carboxylic acids is 1. The van der Waals surface area contributed by atoms with Gasteiger partial charge in [-0.25, -0.2) is 4.39 Å². The van der Waals surface area contributed by atoms with Gasteiger partial charge in [-0.3, -0.25) is 4.79 Å². The second-order valence-corrected chi connectivity index (χ2v) is 6.88. The summed E-state index contributed by atoms with van der Waals surface area (Å²) in [6, 6.07) is 18.1. The number of para-hydroxylation sites is 1. The van der Waals surface area contributed by atoms with Gasteiger partial charge in [0, 0.05) is 5.69 Å². The van der Waals surface area contributed by atoms with Crippen molar-refractivity contribution < 1.29 is 9.18 Å². The minimum atomic E-state index is -0.369. The number of aryl methyl sites for hydroxylation is 1. The number of hydrogen-bond acceptors (Lipinski definition) is 2. The van der Waals surface area contributed by atoms with Gasteiger partial charge in [-0.1, -0.05) is 29.8 Å². The minimum Gasteiger partial charge on any atom is -0.332 e. The molecule has 0 unspecified atom stereocenters. The van der Waals surface area contributed by atoms with Gasteiger partial charge in [0.15, 0.2) is 5.11 Å². The molecule has 7 heteroatoms. The second-order valence-electron chi connectivity index (χ2n) is 6.07. The Labute approximate surface area is 172 Å². The van der Waals surface area contributed by atoms with Crippen molar-refractivity contribution in [1.82, 2.24) is 0 Å². The molecule has 3 aromatic carbocycles. The van der Waals surface area contributed by atoms with Crippen LogP contribution in [0.1, 0.15) is 15.9 Å². The van der Waals surface area contributed by atoms with Crippen LogP contribution in [-0.2, 0) is 0 Å². The fourth-order valence-corrected chi connectivity index (χ4v) is 3.02. The molecule has 3 rings (SSSR count). The molecule has 0 radical (unpaired) electrons. The average molecular weight is 414 g/mol. The largest absolute Gasteiger partial charge is 0.332 e. The maximum absolute atomic E-state index is 13.0. The Morgan fingerprint density at radius 2 is 1.61 bits per heavy atom. The van der Waals surface area contributed by atoms with Crippen LogP contribution in [0.15, 0.2) is 66.7 Å². The van der Waals surface area contributed by atoms with Crippen molar-refractivity contribution in [2.45, 2.75) is 6.92 Å². The van der Waals surface area contributed by atoms with Crippen LogP contribution < -0.4 is 16.0 Å². The first kappa shape index (κ1) is 19.8. The molecule has 0 atom stereocenters. The molecular formula is C21H17ClFN3OS. The van der Waals surface area contributed by atoms with Crippen molar-refractivity contribution in [3.8, 4) is 0 Å². The number of amides is 1. The third kappa shape index (κ3) is 5.06. The molecule has 4 nitrogen and oxygen atoms in total. The summed E-state index contributed by atoms with van der Waals surface area (Å²) in [5, 5.41) is 9.62. The zero-order valence-electron chi connectivity index (χ0n) is 14.9. The number of rotatable bonds is 4. The maximum atomic E-state index is 13.0. The molecule has 0 aromatic heterocycles. The first-order valence-corrected chi connectivity index (χ1v) is 9.21. The molecule has 0 spiro atoms. The highest BCUT2D eigenvalue weighted by Crippen LogP contribution is 2.23. The SMILES string of the molecule is Cc1ccc(NC(=S)Nc2ccccc2C(=O)Nc2ccc(F)cc2)c(Cl)c1. The first-order valence-electron chi connectivity index (χ1n) is 8.42. The molecule has 0 heterocycles. The topological polar surface area (TPSA) is 53.2 Å². The van der Waals surface area contributed by atoms with Gasteiger partial charge < -0.3 is 16.0 Å². The molecule has 0 fully saturated rings. The summed E-state index contributed by atoms with van der Waals surface area (Å²) in [7, 11) is 0. The number of anilines is 3. The highest BCUT2D eigenvalue weighted by atomic mass is 35.5. The van der Waals surface area contributed by atoms with E-state index < -0.39 is 0 Å². The Kier molecular flexibility index (Phi) is 6.23. The van der Waals surface area contributed by atoms with Gasteiger partial charge in [0.25, 0.3) is 5.91 Å². The molecule has 0 aliphatic carbocycles. The van der Waals surface area contributed by atoms with Crippen LogP contribution in [0.25, 0.3) is 0 Å². The van der Waals surface area contributed by atoms with Crippen molar-refractivity contribution in [3.05, 3.63) is 88.7 Å². The Balaban J connectivity index is 1.73. The number of benzene rings is 3. The van der Waals surface area contributed by atoms with Crippen LogP contribution in [0.2, 0.25) is 5.02 Å². The average Bonchev–Trinajstić information content (AvgIpc) is 2.66. The Hall–Kier alpha value is -2.96. The normalized spacial score (nSPS) is 10.2. The minimum absolute atomic E-state index is 0.299. The predicted molar refractivity (Wildman–Crippen MR) is 117 cm³/mol. The number of nitrogens with one attached hydrogen (secondary N) is 3. The summed E-state index contributed by atoms with van der Waals surface area (Å²) in [5.41, 5.74) is 3.12. The van der Waals surface area contributed by atoms with Crippen LogP contribution in [0.5, 0.6) is 0 Å². The van der Waals surface area contributed by atoms with Crippen LogP contribution in [0.4, 0.5) is 21.5 Å². The number of hydrogen-bond donors (Lipinski definition) is 3. The number of carbonyl (C=O) groups is 1. The molecule has 3 N–H and O–H groups in total. The summed E-state index contributed by atoms with van der Waals surface area (Å²) in [4.78, 5) is 12.6. The zero-order valence-corrected chi connectivity index (χ0v) is 16.5. The molecule has 0 saturated heterocycles. The smallest absolute Gasteiger partial charge is 0.257 e. The van der Waals surface area contributed by atoms with Crippen LogP contribution in [0, 0.1) is 12.7 Å². The van der Waals surface area contributed by atoms with Crippen LogP contribution in [0.3, 0.4) is 0 Å². The van der Waals surface area contributed by atoms with Crippen molar-refractivity contribution >= 4 is 51.9 Å². The van der Waals surface area contributed by atoms with Gasteiger partial charge in [-0.05, 0) is 73.2 Å². The molecule has 0 bridgehead atoms. The molecule has 0 aliphatic rings. The molecule has 142 valence electrons. The van der Waals surface area contributed by atoms with E-state index in [2.05, 4.69) is 16.0 Å². The van der Waals surface area contributed by atoms with Gasteiger partial charge in [0.1, 0.15) is 5.82 Å². The third-order valence-electron chi connectivity index (χ3n) is 3.89. The first-order chi connectivity index (χ1) is 13.4. The second kappa shape index (κ2) is 8.82. The lowest BCUT2D eigenvalue weighted by molar-refractivity contribution is 0.102. The molecule has 0 aliphatic heterocycles. The Morgan fingerprint density at radius 1 is 0.929 bits per heavy atom.